The summed E-state index contributed by atoms with van der Waals surface area (Å²) in [6.07, 6.45) is 5.21. The highest BCUT2D eigenvalue weighted by Crippen LogP contribution is 2.41. The summed E-state index contributed by atoms with van der Waals surface area (Å²) in [6, 6.07) is 8.41. The average Bonchev–Trinajstić information content (AvgIpc) is 2.65. The minimum atomic E-state index is 0.694. The molecule has 104 valence electrons. The molecule has 0 aliphatic carbocycles. The third-order valence-electron chi connectivity index (χ3n) is 4.74. The third kappa shape index (κ3) is 2.36. The van der Waals surface area contributed by atoms with E-state index in [4.69, 9.17) is 11.6 Å². The molecule has 1 aromatic carbocycles. The predicted molar refractivity (Wildman–Crippen MR) is 82.2 cm³/mol. The number of fused-ring (bicyclic) bond motifs is 2. The fourth-order valence-electron chi connectivity index (χ4n) is 3.90. The lowest BCUT2D eigenvalue weighted by molar-refractivity contribution is 0.361. The van der Waals surface area contributed by atoms with Gasteiger partial charge in [-0.25, -0.2) is 0 Å². The Kier molecular flexibility index (Phi) is 3.72. The average molecular weight is 279 g/mol. The molecule has 1 aromatic rings. The third-order valence-corrected chi connectivity index (χ3v) is 5.15. The van der Waals surface area contributed by atoms with E-state index in [-0.39, 0.29) is 0 Å². The van der Waals surface area contributed by atoms with Crippen molar-refractivity contribution < 1.29 is 0 Å². The Labute approximate surface area is 121 Å². The lowest BCUT2D eigenvalue weighted by Gasteiger charge is -2.41. The molecule has 2 atom stereocenters. The molecule has 1 N–H and O–H groups in total. The molecule has 2 saturated heterocycles. The van der Waals surface area contributed by atoms with E-state index in [2.05, 4.69) is 36.2 Å². The van der Waals surface area contributed by atoms with E-state index in [1.165, 1.54) is 36.9 Å². The summed E-state index contributed by atoms with van der Waals surface area (Å²) in [6.45, 7) is 5.43. The normalized spacial score (nSPS) is 29.8. The smallest absolute Gasteiger partial charge is 0.0455 e. The molecule has 2 nitrogen and oxygen atoms in total. The lowest BCUT2D eigenvalue weighted by atomic mass is 9.95. The highest BCUT2D eigenvalue weighted by Gasteiger charge is 2.40. The number of nitrogens with one attached hydrogen (secondary N) is 1. The molecule has 2 heterocycles. The summed E-state index contributed by atoms with van der Waals surface area (Å²) in [4.78, 5) is 2.65. The van der Waals surface area contributed by atoms with E-state index in [1.54, 1.807) is 0 Å². The van der Waals surface area contributed by atoms with Crippen LogP contribution in [0.1, 0.15) is 38.2 Å². The van der Waals surface area contributed by atoms with Crippen LogP contribution in [0.3, 0.4) is 0 Å². The van der Waals surface area contributed by atoms with Gasteiger partial charge < -0.3 is 10.2 Å². The van der Waals surface area contributed by atoms with E-state index in [0.717, 1.165) is 11.6 Å². The molecule has 19 heavy (non-hydrogen) atoms. The van der Waals surface area contributed by atoms with Gasteiger partial charge in [0.1, 0.15) is 0 Å². The van der Waals surface area contributed by atoms with Crippen LogP contribution >= 0.6 is 11.6 Å². The number of piperidine rings is 1. The Morgan fingerprint density at radius 1 is 1.26 bits per heavy atom. The first kappa shape index (κ1) is 13.3. The lowest BCUT2D eigenvalue weighted by Crippen LogP contribution is -2.49. The molecule has 2 aliphatic rings. The first-order chi connectivity index (χ1) is 9.20. The van der Waals surface area contributed by atoms with Crippen molar-refractivity contribution in [3.63, 3.8) is 0 Å². The van der Waals surface area contributed by atoms with Crippen molar-refractivity contribution in [2.45, 2.75) is 57.7 Å². The molecular formula is C16H23ClN2. The molecule has 2 fully saturated rings. The minimum Gasteiger partial charge on any atom is -0.365 e. The first-order valence-electron chi connectivity index (χ1n) is 7.47. The monoisotopic (exact) mass is 278 g/mol. The number of halogens is 1. The largest absolute Gasteiger partial charge is 0.365 e. The topological polar surface area (TPSA) is 15.3 Å². The molecule has 0 radical (unpaired) electrons. The van der Waals surface area contributed by atoms with Crippen LogP contribution in [0.15, 0.2) is 18.2 Å². The van der Waals surface area contributed by atoms with Crippen LogP contribution in [0.2, 0.25) is 5.02 Å². The highest BCUT2D eigenvalue weighted by molar-refractivity contribution is 6.31. The molecule has 0 spiro atoms. The Hall–Kier alpha value is -0.730. The molecule has 0 amide bonds. The van der Waals surface area contributed by atoms with Crippen molar-refractivity contribution in [2.24, 2.45) is 0 Å². The van der Waals surface area contributed by atoms with Crippen molar-refractivity contribution in [1.82, 2.24) is 5.32 Å². The van der Waals surface area contributed by atoms with Crippen molar-refractivity contribution in [3.05, 3.63) is 28.8 Å². The van der Waals surface area contributed by atoms with Gasteiger partial charge in [-0.3, -0.25) is 0 Å². The summed E-state index contributed by atoms with van der Waals surface area (Å²) < 4.78 is 0. The van der Waals surface area contributed by atoms with Gasteiger partial charge in [0.15, 0.2) is 0 Å². The number of benzene rings is 1. The highest BCUT2D eigenvalue weighted by atomic mass is 35.5. The summed E-state index contributed by atoms with van der Waals surface area (Å²) >= 11 is 6.29. The van der Waals surface area contributed by atoms with Crippen molar-refractivity contribution >= 4 is 17.3 Å². The molecule has 3 rings (SSSR count). The second-order valence-corrected chi connectivity index (χ2v) is 6.31. The number of hydrogen-bond donors (Lipinski definition) is 1. The summed E-state index contributed by atoms with van der Waals surface area (Å²) in [5.74, 6) is 0. The van der Waals surface area contributed by atoms with Gasteiger partial charge in [-0.15, -0.1) is 0 Å². The van der Waals surface area contributed by atoms with E-state index >= 15 is 0 Å². The number of rotatable bonds is 3. The fraction of sp³-hybridized carbons (Fsp3) is 0.625. The van der Waals surface area contributed by atoms with Crippen LogP contribution < -0.4 is 10.2 Å². The van der Waals surface area contributed by atoms with Gasteiger partial charge in [0, 0.05) is 28.8 Å². The number of anilines is 1. The number of hydrogen-bond acceptors (Lipinski definition) is 2. The van der Waals surface area contributed by atoms with Crippen molar-refractivity contribution in [3.8, 4) is 0 Å². The molecular weight excluding hydrogens is 256 g/mol. The molecule has 3 heteroatoms. The van der Waals surface area contributed by atoms with Crippen LogP contribution in [0.5, 0.6) is 0 Å². The second-order valence-electron chi connectivity index (χ2n) is 5.90. The molecule has 2 unspecified atom stereocenters. The quantitative estimate of drug-likeness (QED) is 0.906. The van der Waals surface area contributed by atoms with Crippen LogP contribution in [-0.2, 0) is 0 Å². The summed E-state index contributed by atoms with van der Waals surface area (Å²) in [7, 11) is 0. The van der Waals surface area contributed by atoms with Gasteiger partial charge in [-0.2, -0.15) is 0 Å². The maximum atomic E-state index is 6.29. The van der Waals surface area contributed by atoms with Gasteiger partial charge in [-0.1, -0.05) is 24.6 Å². The van der Waals surface area contributed by atoms with Crippen LogP contribution in [0.4, 0.5) is 5.69 Å². The molecule has 0 aromatic heterocycles. The van der Waals surface area contributed by atoms with E-state index in [0.29, 0.717) is 18.1 Å². The maximum absolute atomic E-state index is 6.29. The number of nitrogens with zero attached hydrogens (tertiary/aromatic N) is 1. The van der Waals surface area contributed by atoms with Gasteiger partial charge in [0.2, 0.25) is 0 Å². The van der Waals surface area contributed by atoms with Crippen molar-refractivity contribution in [2.75, 3.05) is 11.4 Å². The fourth-order valence-corrected chi connectivity index (χ4v) is 4.07. The van der Waals surface area contributed by atoms with Gasteiger partial charge in [-0.05, 0) is 56.8 Å². The SMILES string of the molecule is CCNC1CC2CCC(C1)N2c1cccc(Cl)c1C. The first-order valence-corrected chi connectivity index (χ1v) is 7.85. The molecule has 2 aliphatic heterocycles. The van der Waals surface area contributed by atoms with E-state index in [9.17, 15) is 0 Å². The van der Waals surface area contributed by atoms with Gasteiger partial charge in [0.05, 0.1) is 0 Å². The van der Waals surface area contributed by atoms with Gasteiger partial charge in [0.25, 0.3) is 0 Å². The zero-order chi connectivity index (χ0) is 13.4. The summed E-state index contributed by atoms with van der Waals surface area (Å²) in [5.41, 5.74) is 2.60. The molecule has 2 bridgehead atoms. The zero-order valence-electron chi connectivity index (χ0n) is 11.8. The zero-order valence-corrected chi connectivity index (χ0v) is 12.6. The van der Waals surface area contributed by atoms with Crippen LogP contribution in [-0.4, -0.2) is 24.7 Å². The minimum absolute atomic E-state index is 0.694. The van der Waals surface area contributed by atoms with Crippen LogP contribution in [0, 0.1) is 6.92 Å². The Morgan fingerprint density at radius 3 is 2.58 bits per heavy atom. The van der Waals surface area contributed by atoms with E-state index in [1.807, 2.05) is 6.07 Å². The second kappa shape index (κ2) is 5.34. The Balaban J connectivity index is 1.85. The maximum Gasteiger partial charge on any atom is 0.0455 e. The summed E-state index contributed by atoms with van der Waals surface area (Å²) in [5, 5.41) is 4.52. The predicted octanol–water partition coefficient (Wildman–Crippen LogP) is 3.76. The van der Waals surface area contributed by atoms with Crippen LogP contribution in [0.25, 0.3) is 0 Å². The Bertz CT molecular complexity index is 446. The standard InChI is InChI=1S/C16H23ClN2/c1-3-18-12-9-13-7-8-14(10-12)19(13)16-6-4-5-15(17)11(16)2/h4-6,12-14,18H,3,7-10H2,1-2H3. The molecule has 0 saturated carbocycles. The van der Waals surface area contributed by atoms with Gasteiger partial charge >= 0.3 is 0 Å². The van der Waals surface area contributed by atoms with Crippen molar-refractivity contribution in [1.29, 1.82) is 0 Å². The van der Waals surface area contributed by atoms with E-state index < -0.39 is 0 Å². The Morgan fingerprint density at radius 2 is 1.95 bits per heavy atom.